The molecule has 2 aromatic carbocycles. The van der Waals surface area contributed by atoms with Crippen molar-refractivity contribution in [2.45, 2.75) is 39.7 Å². The van der Waals surface area contributed by atoms with Crippen LogP contribution < -0.4 is 24.5 Å². The maximum absolute atomic E-state index is 13.9. The fraction of sp³-hybridized carbons (Fsp3) is 0.367. The predicted molar refractivity (Wildman–Crippen MR) is 153 cm³/mol. The summed E-state index contributed by atoms with van der Waals surface area (Å²) in [5, 5.41) is 0. The van der Waals surface area contributed by atoms with Crippen molar-refractivity contribution in [3.8, 4) is 5.75 Å². The van der Waals surface area contributed by atoms with E-state index in [-0.39, 0.29) is 11.5 Å². The van der Waals surface area contributed by atoms with Crippen LogP contribution >= 0.6 is 11.3 Å². The standard InChI is InChI=1S/C30H34N4O3S/c1-5-32(6-2)29(36)26-20(3)31-30-34(27(26)23-11-7-8-12-24(23)37-4)28(35)25(38-30)19-21-13-15-22(16-14-21)33-17-9-10-18-33/h7-8,11-16,19,27H,5-6,9-10,17-18H2,1-4H3/b25-19-/t27-/m1/s1. The van der Waals surface area contributed by atoms with E-state index in [9.17, 15) is 9.59 Å². The van der Waals surface area contributed by atoms with E-state index in [2.05, 4.69) is 29.2 Å². The molecule has 198 valence electrons. The Labute approximate surface area is 227 Å². The summed E-state index contributed by atoms with van der Waals surface area (Å²) < 4.78 is 7.93. The van der Waals surface area contributed by atoms with E-state index >= 15 is 0 Å². The number of nitrogens with zero attached hydrogens (tertiary/aromatic N) is 4. The summed E-state index contributed by atoms with van der Waals surface area (Å²) in [6.07, 6.45) is 4.38. The highest BCUT2D eigenvalue weighted by Gasteiger charge is 2.35. The Morgan fingerprint density at radius 2 is 1.79 bits per heavy atom. The van der Waals surface area contributed by atoms with Gasteiger partial charge in [-0.1, -0.05) is 41.7 Å². The van der Waals surface area contributed by atoms with Crippen molar-refractivity contribution in [2.75, 3.05) is 38.2 Å². The lowest BCUT2D eigenvalue weighted by Gasteiger charge is -2.29. The van der Waals surface area contributed by atoms with Gasteiger partial charge in [0.05, 0.1) is 22.9 Å². The van der Waals surface area contributed by atoms with Crippen LogP contribution in [0, 0.1) is 0 Å². The number of carbonyl (C=O) groups excluding carboxylic acids is 1. The van der Waals surface area contributed by atoms with Gasteiger partial charge >= 0.3 is 0 Å². The van der Waals surface area contributed by atoms with Gasteiger partial charge in [-0.25, -0.2) is 4.99 Å². The van der Waals surface area contributed by atoms with E-state index in [0.29, 0.717) is 39.4 Å². The van der Waals surface area contributed by atoms with Crippen LogP contribution in [0.2, 0.25) is 0 Å². The van der Waals surface area contributed by atoms with Crippen LogP contribution in [0.5, 0.6) is 5.75 Å². The van der Waals surface area contributed by atoms with Crippen LogP contribution in [0.1, 0.15) is 50.8 Å². The minimum absolute atomic E-state index is 0.112. The monoisotopic (exact) mass is 530 g/mol. The van der Waals surface area contributed by atoms with Gasteiger partial charge in [-0.2, -0.15) is 0 Å². The largest absolute Gasteiger partial charge is 0.496 e. The summed E-state index contributed by atoms with van der Waals surface area (Å²) in [7, 11) is 1.61. The second kappa shape index (κ2) is 11.0. The van der Waals surface area contributed by atoms with Gasteiger partial charge in [-0.05, 0) is 63.5 Å². The number of fused-ring (bicyclic) bond motifs is 1. The Bertz CT molecular complexity index is 1540. The molecule has 1 fully saturated rings. The van der Waals surface area contributed by atoms with Crippen molar-refractivity contribution in [1.29, 1.82) is 0 Å². The van der Waals surface area contributed by atoms with Crippen molar-refractivity contribution in [3.63, 3.8) is 0 Å². The number of para-hydroxylation sites is 1. The number of aromatic nitrogens is 1. The molecule has 1 aromatic heterocycles. The van der Waals surface area contributed by atoms with Crippen LogP contribution in [-0.2, 0) is 4.79 Å². The number of anilines is 1. The SMILES string of the molecule is CCN(CC)C(=O)C1=C(C)N=c2s/c(=C\c3ccc(N4CCCC4)cc3)c(=O)n2[C@@H]1c1ccccc1OC. The highest BCUT2D eigenvalue weighted by atomic mass is 32.1. The lowest BCUT2D eigenvalue weighted by Crippen LogP contribution is -2.43. The highest BCUT2D eigenvalue weighted by molar-refractivity contribution is 7.07. The van der Waals surface area contributed by atoms with Crippen LogP contribution in [-0.4, -0.2) is 48.7 Å². The van der Waals surface area contributed by atoms with Crippen molar-refractivity contribution in [2.24, 2.45) is 4.99 Å². The fourth-order valence-electron chi connectivity index (χ4n) is 5.37. The number of rotatable bonds is 7. The van der Waals surface area contributed by atoms with E-state index in [0.717, 1.165) is 24.2 Å². The van der Waals surface area contributed by atoms with Crippen LogP contribution in [0.15, 0.2) is 69.6 Å². The van der Waals surface area contributed by atoms with Crippen molar-refractivity contribution < 1.29 is 9.53 Å². The average Bonchev–Trinajstić information content (AvgIpc) is 3.57. The summed E-state index contributed by atoms with van der Waals surface area (Å²) >= 11 is 1.35. The summed E-state index contributed by atoms with van der Waals surface area (Å²) in [4.78, 5) is 37.2. The number of thiazole rings is 1. The molecule has 2 aliphatic heterocycles. The molecule has 5 rings (SSSR count). The first-order chi connectivity index (χ1) is 18.5. The predicted octanol–water partition coefficient (Wildman–Crippen LogP) is 3.71. The van der Waals surface area contributed by atoms with Gasteiger partial charge in [0.15, 0.2) is 4.80 Å². The Hall–Kier alpha value is -3.65. The van der Waals surface area contributed by atoms with Crippen molar-refractivity contribution >= 4 is 29.0 Å². The number of carbonyl (C=O) groups is 1. The van der Waals surface area contributed by atoms with E-state index in [4.69, 9.17) is 9.73 Å². The smallest absolute Gasteiger partial charge is 0.271 e. The topological polar surface area (TPSA) is 67.1 Å². The van der Waals surface area contributed by atoms with Crippen molar-refractivity contribution in [3.05, 3.63) is 90.6 Å². The Balaban J connectivity index is 1.65. The van der Waals surface area contributed by atoms with Gasteiger partial charge in [0.1, 0.15) is 11.8 Å². The first-order valence-electron chi connectivity index (χ1n) is 13.3. The normalized spacial score (nSPS) is 17.4. The number of ether oxygens (including phenoxy) is 1. The highest BCUT2D eigenvalue weighted by Crippen LogP contribution is 2.36. The molecule has 0 saturated carbocycles. The third-order valence-corrected chi connectivity index (χ3v) is 8.38. The zero-order valence-electron chi connectivity index (χ0n) is 22.4. The van der Waals surface area contributed by atoms with Gasteiger partial charge < -0.3 is 14.5 Å². The number of hydrogen-bond donors (Lipinski definition) is 0. The fourth-order valence-corrected chi connectivity index (χ4v) is 6.42. The quantitative estimate of drug-likeness (QED) is 0.467. The maximum Gasteiger partial charge on any atom is 0.271 e. The first-order valence-corrected chi connectivity index (χ1v) is 14.1. The van der Waals surface area contributed by atoms with Gasteiger partial charge in [-0.15, -0.1) is 0 Å². The Morgan fingerprint density at radius 3 is 2.45 bits per heavy atom. The molecule has 1 amide bonds. The Morgan fingerprint density at radius 1 is 1.11 bits per heavy atom. The van der Waals surface area contributed by atoms with E-state index in [1.807, 2.05) is 51.1 Å². The molecule has 0 bridgehead atoms. The molecule has 0 radical (unpaired) electrons. The molecule has 1 saturated heterocycles. The second-order valence-corrected chi connectivity index (χ2v) is 10.6. The number of methoxy groups -OCH3 is 1. The zero-order chi connectivity index (χ0) is 26.8. The number of hydrogen-bond acceptors (Lipinski definition) is 6. The van der Waals surface area contributed by atoms with Crippen LogP contribution in [0.4, 0.5) is 5.69 Å². The zero-order valence-corrected chi connectivity index (χ0v) is 23.3. The first kappa shape index (κ1) is 26.0. The summed E-state index contributed by atoms with van der Waals surface area (Å²) in [6.45, 7) is 9.10. The Kier molecular flexibility index (Phi) is 7.51. The molecule has 8 heteroatoms. The van der Waals surface area contributed by atoms with E-state index in [1.165, 1.54) is 29.9 Å². The lowest BCUT2D eigenvalue weighted by molar-refractivity contribution is -0.127. The summed E-state index contributed by atoms with van der Waals surface area (Å²) in [5.41, 5.74) is 3.91. The van der Waals surface area contributed by atoms with Crippen molar-refractivity contribution in [1.82, 2.24) is 9.47 Å². The molecule has 3 aromatic rings. The van der Waals surface area contributed by atoms with Crippen LogP contribution in [0.25, 0.3) is 6.08 Å². The van der Waals surface area contributed by atoms with Gasteiger partial charge in [-0.3, -0.25) is 14.2 Å². The summed E-state index contributed by atoms with van der Waals surface area (Å²) in [5.74, 6) is 0.517. The molecule has 2 aliphatic rings. The van der Waals surface area contributed by atoms with E-state index < -0.39 is 6.04 Å². The maximum atomic E-state index is 13.9. The minimum atomic E-state index is -0.629. The van der Waals surface area contributed by atoms with Crippen LogP contribution in [0.3, 0.4) is 0 Å². The minimum Gasteiger partial charge on any atom is -0.496 e. The molecular weight excluding hydrogens is 496 g/mol. The van der Waals surface area contributed by atoms with Gasteiger partial charge in [0.2, 0.25) is 0 Å². The van der Waals surface area contributed by atoms with Gasteiger partial charge in [0, 0.05) is 37.4 Å². The molecule has 0 aliphatic carbocycles. The molecule has 0 N–H and O–H groups in total. The molecule has 38 heavy (non-hydrogen) atoms. The number of likely N-dealkylation sites (N-methyl/N-ethyl adjacent to an activating group) is 1. The molecule has 0 spiro atoms. The number of allylic oxidation sites excluding steroid dienone is 1. The average molecular weight is 531 g/mol. The molecule has 0 unspecified atom stereocenters. The summed E-state index contributed by atoms with van der Waals surface area (Å²) in [6, 6.07) is 15.3. The lowest BCUT2D eigenvalue weighted by atomic mass is 9.94. The second-order valence-electron chi connectivity index (χ2n) is 9.59. The molecule has 1 atom stereocenters. The third kappa shape index (κ3) is 4.69. The number of benzene rings is 2. The number of amides is 1. The third-order valence-electron chi connectivity index (χ3n) is 7.40. The van der Waals surface area contributed by atoms with Gasteiger partial charge in [0.25, 0.3) is 11.5 Å². The van der Waals surface area contributed by atoms with E-state index in [1.54, 1.807) is 16.6 Å². The molecular formula is C30H34N4O3S. The molecule has 3 heterocycles. The molecule has 7 nitrogen and oxygen atoms in total.